The Hall–Kier alpha value is -0.630. The number of nitriles is 1. The van der Waals surface area contributed by atoms with E-state index in [1.54, 1.807) is 7.11 Å². The van der Waals surface area contributed by atoms with Crippen LogP contribution in [0.2, 0.25) is 0 Å². The Morgan fingerprint density at radius 3 is 2.83 bits per heavy atom. The zero-order valence-electron chi connectivity index (χ0n) is 11.4. The van der Waals surface area contributed by atoms with Gasteiger partial charge in [-0.3, -0.25) is 5.32 Å². The van der Waals surface area contributed by atoms with E-state index in [0.29, 0.717) is 12.6 Å². The van der Waals surface area contributed by atoms with Crippen LogP contribution in [-0.4, -0.2) is 37.5 Å². The maximum Gasteiger partial charge on any atom is 0.109 e. The smallest absolute Gasteiger partial charge is 0.109 e. The molecule has 0 radical (unpaired) electrons. The molecule has 2 rings (SSSR count). The molecule has 0 aliphatic heterocycles. The first-order valence-electron chi connectivity index (χ1n) is 7.01. The highest BCUT2D eigenvalue weighted by molar-refractivity contribution is 5.12. The lowest BCUT2D eigenvalue weighted by Gasteiger charge is -2.37. The predicted octanol–water partition coefficient (Wildman–Crippen LogP) is 1.99. The number of methoxy groups -OCH3 is 1. The molecule has 0 heterocycles. The van der Waals surface area contributed by atoms with Gasteiger partial charge < -0.3 is 9.47 Å². The van der Waals surface area contributed by atoms with Crippen LogP contribution >= 0.6 is 0 Å². The summed E-state index contributed by atoms with van der Waals surface area (Å²) in [6.45, 7) is 2.65. The molecular formula is C14H24N2O2. The summed E-state index contributed by atoms with van der Waals surface area (Å²) < 4.78 is 11.1. The summed E-state index contributed by atoms with van der Waals surface area (Å²) >= 11 is 0. The van der Waals surface area contributed by atoms with Crippen LogP contribution in [0.5, 0.6) is 0 Å². The van der Waals surface area contributed by atoms with Crippen molar-refractivity contribution in [3.05, 3.63) is 0 Å². The van der Waals surface area contributed by atoms with Crippen LogP contribution in [0.4, 0.5) is 0 Å². The van der Waals surface area contributed by atoms with Crippen LogP contribution in [0.15, 0.2) is 0 Å². The topological polar surface area (TPSA) is 54.3 Å². The van der Waals surface area contributed by atoms with E-state index in [1.807, 2.05) is 6.92 Å². The van der Waals surface area contributed by atoms with Gasteiger partial charge in [-0.05, 0) is 39.0 Å². The molecule has 4 nitrogen and oxygen atoms in total. The minimum absolute atomic E-state index is 0.107. The Balaban J connectivity index is 1.87. The standard InChI is InChI=1S/C14H24N2O2/c1-11(9-17-2)18-13-4-3-7-14(8-13,10-15)16-12-5-6-12/h11-13,16H,3-9H2,1-2H3. The van der Waals surface area contributed by atoms with Gasteiger partial charge in [0.1, 0.15) is 5.54 Å². The second kappa shape index (κ2) is 6.01. The molecule has 0 bridgehead atoms. The zero-order valence-corrected chi connectivity index (χ0v) is 11.4. The zero-order chi connectivity index (χ0) is 13.0. The van der Waals surface area contributed by atoms with Crippen molar-refractivity contribution in [1.82, 2.24) is 5.32 Å². The maximum absolute atomic E-state index is 9.48. The Morgan fingerprint density at radius 1 is 1.44 bits per heavy atom. The van der Waals surface area contributed by atoms with Gasteiger partial charge in [0.05, 0.1) is 24.9 Å². The van der Waals surface area contributed by atoms with Crippen molar-refractivity contribution in [3.8, 4) is 6.07 Å². The van der Waals surface area contributed by atoms with Crippen molar-refractivity contribution in [1.29, 1.82) is 5.26 Å². The largest absolute Gasteiger partial charge is 0.382 e. The van der Waals surface area contributed by atoms with Crippen molar-refractivity contribution >= 4 is 0 Å². The first-order chi connectivity index (χ1) is 8.67. The lowest BCUT2D eigenvalue weighted by atomic mass is 9.81. The number of nitrogens with zero attached hydrogens (tertiary/aromatic N) is 1. The number of hydrogen-bond acceptors (Lipinski definition) is 4. The summed E-state index contributed by atoms with van der Waals surface area (Å²) in [6.07, 6.45) is 6.63. The predicted molar refractivity (Wildman–Crippen MR) is 69.2 cm³/mol. The van der Waals surface area contributed by atoms with E-state index >= 15 is 0 Å². The molecule has 2 aliphatic rings. The highest BCUT2D eigenvalue weighted by atomic mass is 16.5. The Labute approximate surface area is 110 Å². The van der Waals surface area contributed by atoms with Gasteiger partial charge in [-0.1, -0.05) is 0 Å². The monoisotopic (exact) mass is 252 g/mol. The van der Waals surface area contributed by atoms with E-state index in [2.05, 4.69) is 11.4 Å². The highest BCUT2D eigenvalue weighted by Gasteiger charge is 2.41. The van der Waals surface area contributed by atoms with E-state index in [0.717, 1.165) is 25.7 Å². The molecule has 18 heavy (non-hydrogen) atoms. The summed E-state index contributed by atoms with van der Waals surface area (Å²) in [5.41, 5.74) is -0.350. The Kier molecular flexibility index (Phi) is 4.60. The number of nitrogens with one attached hydrogen (secondary N) is 1. The van der Waals surface area contributed by atoms with E-state index in [9.17, 15) is 5.26 Å². The Morgan fingerprint density at radius 2 is 2.22 bits per heavy atom. The highest BCUT2D eigenvalue weighted by Crippen LogP contribution is 2.34. The number of hydrogen-bond donors (Lipinski definition) is 1. The fraction of sp³-hybridized carbons (Fsp3) is 0.929. The lowest BCUT2D eigenvalue weighted by Crippen LogP contribution is -2.50. The Bertz CT molecular complexity index is 311. The fourth-order valence-electron chi connectivity index (χ4n) is 2.83. The van der Waals surface area contributed by atoms with Gasteiger partial charge in [0, 0.05) is 19.6 Å². The van der Waals surface area contributed by atoms with Crippen LogP contribution in [0.1, 0.15) is 45.4 Å². The quantitative estimate of drug-likeness (QED) is 0.785. The first kappa shape index (κ1) is 13.8. The van der Waals surface area contributed by atoms with Crippen molar-refractivity contribution in [2.24, 2.45) is 0 Å². The fourth-order valence-corrected chi connectivity index (χ4v) is 2.83. The van der Waals surface area contributed by atoms with E-state index < -0.39 is 0 Å². The minimum Gasteiger partial charge on any atom is -0.382 e. The van der Waals surface area contributed by atoms with Crippen molar-refractivity contribution in [2.45, 2.75) is 69.2 Å². The summed E-state index contributed by atoms with van der Waals surface area (Å²) in [7, 11) is 1.69. The molecule has 0 aromatic carbocycles. The van der Waals surface area contributed by atoms with E-state index in [4.69, 9.17) is 9.47 Å². The van der Waals surface area contributed by atoms with Crippen LogP contribution in [0.3, 0.4) is 0 Å². The summed E-state index contributed by atoms with van der Waals surface area (Å²) in [4.78, 5) is 0. The molecule has 0 spiro atoms. The number of rotatable bonds is 6. The SMILES string of the molecule is COCC(C)OC1CCCC(C#N)(NC2CC2)C1. The molecule has 3 atom stereocenters. The average Bonchev–Trinajstić information content (AvgIpc) is 3.13. The molecular weight excluding hydrogens is 228 g/mol. The minimum atomic E-state index is -0.350. The first-order valence-corrected chi connectivity index (χ1v) is 7.01. The van der Waals surface area contributed by atoms with Crippen LogP contribution in [0, 0.1) is 11.3 Å². The summed E-state index contributed by atoms with van der Waals surface area (Å²) in [5, 5.41) is 13.0. The van der Waals surface area contributed by atoms with Gasteiger partial charge in [-0.15, -0.1) is 0 Å². The lowest BCUT2D eigenvalue weighted by molar-refractivity contribution is -0.0616. The van der Waals surface area contributed by atoms with Gasteiger partial charge in [0.15, 0.2) is 0 Å². The summed E-state index contributed by atoms with van der Waals surface area (Å²) in [5.74, 6) is 0. The third-order valence-electron chi connectivity index (χ3n) is 3.80. The maximum atomic E-state index is 9.48. The van der Waals surface area contributed by atoms with E-state index in [1.165, 1.54) is 12.8 Å². The number of ether oxygens (including phenoxy) is 2. The average molecular weight is 252 g/mol. The van der Waals surface area contributed by atoms with Crippen LogP contribution < -0.4 is 5.32 Å². The molecule has 0 saturated heterocycles. The molecule has 2 fully saturated rings. The van der Waals surface area contributed by atoms with Crippen molar-refractivity contribution in [2.75, 3.05) is 13.7 Å². The van der Waals surface area contributed by atoms with Gasteiger partial charge in [0.2, 0.25) is 0 Å². The van der Waals surface area contributed by atoms with Crippen molar-refractivity contribution < 1.29 is 9.47 Å². The molecule has 2 saturated carbocycles. The van der Waals surface area contributed by atoms with Gasteiger partial charge in [-0.25, -0.2) is 0 Å². The molecule has 4 heteroatoms. The summed E-state index contributed by atoms with van der Waals surface area (Å²) in [6, 6.07) is 3.07. The molecule has 0 aromatic heterocycles. The van der Waals surface area contributed by atoms with Gasteiger partial charge in [-0.2, -0.15) is 5.26 Å². The third-order valence-corrected chi connectivity index (χ3v) is 3.80. The van der Waals surface area contributed by atoms with E-state index in [-0.39, 0.29) is 17.7 Å². The molecule has 3 unspecified atom stereocenters. The second-order valence-corrected chi connectivity index (χ2v) is 5.73. The molecule has 2 aliphatic carbocycles. The van der Waals surface area contributed by atoms with Gasteiger partial charge >= 0.3 is 0 Å². The van der Waals surface area contributed by atoms with Gasteiger partial charge in [0.25, 0.3) is 0 Å². The molecule has 0 aromatic rings. The molecule has 1 N–H and O–H groups in total. The third kappa shape index (κ3) is 3.68. The van der Waals surface area contributed by atoms with Crippen molar-refractivity contribution in [3.63, 3.8) is 0 Å². The molecule has 0 amide bonds. The van der Waals surface area contributed by atoms with Crippen LogP contribution in [0.25, 0.3) is 0 Å². The second-order valence-electron chi connectivity index (χ2n) is 5.73. The molecule has 102 valence electrons. The van der Waals surface area contributed by atoms with Crippen LogP contribution in [-0.2, 0) is 9.47 Å². The normalized spacial score (nSPS) is 33.9.